The average molecular weight is 460 g/mol. The highest BCUT2D eigenvalue weighted by Gasteiger charge is 2.12. The summed E-state index contributed by atoms with van der Waals surface area (Å²) in [7, 11) is 0. The molecule has 0 bridgehead atoms. The number of thiocarbonyl (C=S) groups is 1. The summed E-state index contributed by atoms with van der Waals surface area (Å²) in [6.07, 6.45) is 0. The molecule has 5 nitrogen and oxygen atoms in total. The maximum Gasteiger partial charge on any atom is 0.258 e. The van der Waals surface area contributed by atoms with Gasteiger partial charge in [-0.1, -0.05) is 23.7 Å². The van der Waals surface area contributed by atoms with Crippen LogP contribution in [-0.2, 0) is 0 Å². The lowest BCUT2D eigenvalue weighted by Crippen LogP contribution is -2.34. The molecule has 2 aromatic rings. The molecule has 0 heterocycles. The van der Waals surface area contributed by atoms with Gasteiger partial charge in [0.15, 0.2) is 5.11 Å². The van der Waals surface area contributed by atoms with E-state index in [1.807, 2.05) is 0 Å². The Balaban J connectivity index is 2.07. The second-order valence-electron chi connectivity index (χ2n) is 4.40. The molecule has 0 aliphatic carbocycles. The van der Waals surface area contributed by atoms with Crippen LogP contribution in [-0.4, -0.2) is 17.0 Å². The zero-order chi connectivity index (χ0) is 17.0. The van der Waals surface area contributed by atoms with Crippen molar-refractivity contribution in [2.45, 2.75) is 0 Å². The second kappa shape index (κ2) is 7.71. The molecule has 0 fully saturated rings. The Morgan fingerprint density at radius 3 is 2.61 bits per heavy atom. The topological polar surface area (TPSA) is 81.3 Å². The zero-order valence-electron chi connectivity index (χ0n) is 11.4. The summed E-state index contributed by atoms with van der Waals surface area (Å²) in [5.41, 5.74) is 0.724. The Morgan fingerprint density at radius 2 is 1.91 bits per heavy atom. The average Bonchev–Trinajstić information content (AvgIpc) is 2.49. The van der Waals surface area contributed by atoms with Crippen LogP contribution in [0.15, 0.2) is 42.5 Å². The number of nitrogens with one attached hydrogen (secondary N) is 2. The summed E-state index contributed by atoms with van der Waals surface area (Å²) < 4.78 is 0.859. The number of anilines is 1. The Bertz CT molecular complexity index is 798. The van der Waals surface area contributed by atoms with Gasteiger partial charge in [0.2, 0.25) is 0 Å². The van der Waals surface area contributed by atoms with Crippen molar-refractivity contribution < 1.29 is 14.7 Å². The Morgan fingerprint density at radius 1 is 1.17 bits per heavy atom. The van der Waals surface area contributed by atoms with Crippen LogP contribution in [0.1, 0.15) is 20.7 Å². The van der Waals surface area contributed by atoms with E-state index >= 15 is 0 Å². The van der Waals surface area contributed by atoms with Gasteiger partial charge in [0.1, 0.15) is 0 Å². The highest BCUT2D eigenvalue weighted by atomic mass is 127. The normalized spacial score (nSPS) is 10.0. The monoisotopic (exact) mass is 459 g/mol. The molecule has 2 rings (SSSR count). The van der Waals surface area contributed by atoms with Crippen molar-refractivity contribution in [3.63, 3.8) is 0 Å². The predicted molar refractivity (Wildman–Crippen MR) is 98.6 cm³/mol. The molecule has 118 valence electrons. The molecule has 2 N–H and O–H groups in total. The van der Waals surface area contributed by atoms with Crippen LogP contribution < -0.4 is 15.7 Å². The van der Waals surface area contributed by atoms with E-state index in [0.717, 1.165) is 3.57 Å². The first-order valence-corrected chi connectivity index (χ1v) is 8.12. The molecule has 0 atom stereocenters. The predicted octanol–water partition coefficient (Wildman–Crippen LogP) is 2.43. The maximum atomic E-state index is 12.2. The third kappa shape index (κ3) is 4.88. The van der Waals surface area contributed by atoms with Crippen molar-refractivity contribution in [1.82, 2.24) is 5.32 Å². The zero-order valence-corrected chi connectivity index (χ0v) is 15.2. The van der Waals surface area contributed by atoms with Gasteiger partial charge in [-0.05, 0) is 70.7 Å². The molecule has 0 spiro atoms. The fourth-order valence-corrected chi connectivity index (χ4v) is 2.63. The van der Waals surface area contributed by atoms with Crippen molar-refractivity contribution in [2.75, 3.05) is 5.32 Å². The molecule has 8 heteroatoms. The molecule has 0 radical (unpaired) electrons. The molecule has 1 amide bonds. The highest BCUT2D eigenvalue weighted by molar-refractivity contribution is 14.1. The second-order valence-corrected chi connectivity index (χ2v) is 6.46. The van der Waals surface area contributed by atoms with Gasteiger partial charge in [0.05, 0.1) is 16.6 Å². The van der Waals surface area contributed by atoms with E-state index < -0.39 is 11.9 Å². The van der Waals surface area contributed by atoms with E-state index in [1.165, 1.54) is 18.2 Å². The number of aromatic carboxylic acids is 1. The molecule has 0 unspecified atom stereocenters. The SMILES string of the molecule is O=C([O-])c1cccc(NC(=S)NC(=O)c2cc(I)ccc2Cl)c1. The molecule has 0 aromatic heterocycles. The first-order chi connectivity index (χ1) is 10.9. The van der Waals surface area contributed by atoms with Crippen LogP contribution in [0.2, 0.25) is 5.02 Å². The van der Waals surface area contributed by atoms with Gasteiger partial charge >= 0.3 is 0 Å². The molecule has 2 aromatic carbocycles. The van der Waals surface area contributed by atoms with E-state index in [0.29, 0.717) is 16.3 Å². The minimum Gasteiger partial charge on any atom is -0.545 e. The molecule has 0 aliphatic heterocycles. The summed E-state index contributed by atoms with van der Waals surface area (Å²) in [6.45, 7) is 0. The summed E-state index contributed by atoms with van der Waals surface area (Å²) in [5.74, 6) is -1.75. The molecule has 0 saturated carbocycles. The van der Waals surface area contributed by atoms with Gasteiger partial charge in [-0.3, -0.25) is 10.1 Å². The lowest BCUT2D eigenvalue weighted by molar-refractivity contribution is -0.255. The molecule has 0 saturated heterocycles. The summed E-state index contributed by atoms with van der Waals surface area (Å²) >= 11 is 13.1. The number of benzene rings is 2. The highest BCUT2D eigenvalue weighted by Crippen LogP contribution is 2.18. The van der Waals surface area contributed by atoms with Crippen LogP contribution in [0.25, 0.3) is 0 Å². The number of carbonyl (C=O) groups is 2. The summed E-state index contributed by atoms with van der Waals surface area (Å²) in [4.78, 5) is 23.0. The van der Waals surface area contributed by atoms with E-state index in [-0.39, 0.29) is 10.7 Å². The van der Waals surface area contributed by atoms with Gasteiger partial charge in [0, 0.05) is 9.26 Å². The van der Waals surface area contributed by atoms with E-state index in [1.54, 1.807) is 24.3 Å². The van der Waals surface area contributed by atoms with Gasteiger partial charge in [0.25, 0.3) is 5.91 Å². The Kier molecular flexibility index (Phi) is 5.91. The number of halogens is 2. The van der Waals surface area contributed by atoms with Crippen LogP contribution in [0, 0.1) is 3.57 Å². The lowest BCUT2D eigenvalue weighted by Gasteiger charge is -2.12. The smallest absolute Gasteiger partial charge is 0.258 e. The van der Waals surface area contributed by atoms with E-state index in [2.05, 4.69) is 33.2 Å². The minimum atomic E-state index is -1.30. The molecular weight excluding hydrogens is 451 g/mol. The van der Waals surface area contributed by atoms with Crippen LogP contribution in [0.5, 0.6) is 0 Å². The van der Waals surface area contributed by atoms with Crippen molar-refractivity contribution in [2.24, 2.45) is 0 Å². The molecule has 23 heavy (non-hydrogen) atoms. The third-order valence-electron chi connectivity index (χ3n) is 2.76. The standard InChI is InChI=1S/C15H10ClIN2O3S/c16-12-5-4-9(17)7-11(12)13(20)19-15(23)18-10-3-1-2-8(6-10)14(21)22/h1-7H,(H,21,22)(H2,18,19,20,23)/p-1. The minimum absolute atomic E-state index is 0.00443. The van der Waals surface area contributed by atoms with Gasteiger partial charge in [-0.25, -0.2) is 0 Å². The fraction of sp³-hybridized carbons (Fsp3) is 0. The number of rotatable bonds is 3. The number of carboxylic acids is 1. The number of amides is 1. The Hall–Kier alpha value is -1.71. The van der Waals surface area contributed by atoms with Crippen molar-refractivity contribution in [3.8, 4) is 0 Å². The Labute approximate surface area is 156 Å². The largest absolute Gasteiger partial charge is 0.545 e. The number of carbonyl (C=O) groups excluding carboxylic acids is 2. The fourth-order valence-electron chi connectivity index (χ4n) is 1.73. The van der Waals surface area contributed by atoms with Gasteiger partial charge in [-0.2, -0.15) is 0 Å². The van der Waals surface area contributed by atoms with Crippen molar-refractivity contribution >= 4 is 69.1 Å². The number of hydrogen-bond acceptors (Lipinski definition) is 4. The van der Waals surface area contributed by atoms with E-state index in [9.17, 15) is 14.7 Å². The van der Waals surface area contributed by atoms with E-state index in [4.69, 9.17) is 23.8 Å². The molecule has 0 aliphatic rings. The van der Waals surface area contributed by atoms with Gasteiger partial charge in [-0.15, -0.1) is 0 Å². The van der Waals surface area contributed by atoms with Crippen LogP contribution in [0.4, 0.5) is 5.69 Å². The quantitative estimate of drug-likeness (QED) is 0.544. The summed E-state index contributed by atoms with van der Waals surface area (Å²) in [5, 5.41) is 16.4. The van der Waals surface area contributed by atoms with Crippen LogP contribution in [0.3, 0.4) is 0 Å². The first-order valence-electron chi connectivity index (χ1n) is 6.25. The maximum absolute atomic E-state index is 12.2. The van der Waals surface area contributed by atoms with Gasteiger partial charge < -0.3 is 15.2 Å². The van der Waals surface area contributed by atoms with Crippen molar-refractivity contribution in [3.05, 3.63) is 62.2 Å². The first kappa shape index (κ1) is 17.6. The third-order valence-corrected chi connectivity index (χ3v) is 3.96. The lowest BCUT2D eigenvalue weighted by atomic mass is 10.2. The van der Waals surface area contributed by atoms with Crippen molar-refractivity contribution in [1.29, 1.82) is 0 Å². The molecular formula is C15H9ClIN2O3S-. The summed E-state index contributed by atoms with van der Waals surface area (Å²) in [6, 6.07) is 10.9. The number of carboxylic acid groups (broad SMARTS) is 1. The number of hydrogen-bond donors (Lipinski definition) is 2. The van der Waals surface area contributed by atoms with Crippen LogP contribution >= 0.6 is 46.4 Å².